The fourth-order valence-corrected chi connectivity index (χ4v) is 3.31. The van der Waals surface area contributed by atoms with Gasteiger partial charge in [0, 0.05) is 17.6 Å². The number of benzene rings is 1. The number of phenolic OH excluding ortho intramolecular Hbond substituents is 1. The normalized spacial score (nSPS) is 17.1. The highest BCUT2D eigenvalue weighted by Gasteiger charge is 2.31. The molecule has 0 spiro atoms. The summed E-state index contributed by atoms with van der Waals surface area (Å²) >= 11 is 0. The molecule has 0 unspecified atom stereocenters. The Kier molecular flexibility index (Phi) is 7.43. The molecule has 0 radical (unpaired) electrons. The van der Waals surface area contributed by atoms with Crippen LogP contribution in [0.4, 0.5) is 4.39 Å². The lowest BCUT2D eigenvalue weighted by molar-refractivity contribution is 0.0726. The van der Waals surface area contributed by atoms with Crippen molar-refractivity contribution in [2.24, 2.45) is 0 Å². The minimum absolute atomic E-state index is 0. The lowest BCUT2D eigenvalue weighted by Gasteiger charge is -2.39. The largest absolute Gasteiger partial charge is 0.508 e. The molecule has 1 aliphatic rings. The molecular weight excluding hydrogens is 305 g/mol. The number of hydrogen-bond acceptors (Lipinski definition) is 3. The van der Waals surface area contributed by atoms with Crippen LogP contribution in [0, 0.1) is 5.82 Å². The first-order valence-corrected chi connectivity index (χ1v) is 8.01. The second-order valence-electron chi connectivity index (χ2n) is 5.75. The van der Waals surface area contributed by atoms with Crippen LogP contribution in [0.1, 0.15) is 45.6 Å². The number of nitrogens with zero attached hydrogens (tertiary/aromatic N) is 1. The van der Waals surface area contributed by atoms with Crippen LogP contribution in [-0.4, -0.2) is 35.2 Å². The van der Waals surface area contributed by atoms with Crippen molar-refractivity contribution in [1.82, 2.24) is 4.90 Å². The van der Waals surface area contributed by atoms with Gasteiger partial charge >= 0.3 is 0 Å². The monoisotopic (exact) mass is 331 g/mol. The van der Waals surface area contributed by atoms with E-state index in [2.05, 4.69) is 25.7 Å². The molecule has 1 aromatic rings. The van der Waals surface area contributed by atoms with Crippen LogP contribution in [0.15, 0.2) is 12.1 Å². The van der Waals surface area contributed by atoms with Crippen LogP contribution in [0.25, 0.3) is 0 Å². The molecule has 5 heteroatoms. The van der Waals surface area contributed by atoms with Gasteiger partial charge in [-0.05, 0) is 44.4 Å². The first-order valence-electron chi connectivity index (χ1n) is 8.01. The van der Waals surface area contributed by atoms with Crippen LogP contribution >= 0.6 is 12.4 Å². The third-order valence-electron chi connectivity index (χ3n) is 4.41. The molecule has 126 valence electrons. The molecule has 0 bridgehead atoms. The molecule has 0 amide bonds. The molecule has 2 rings (SSSR count). The van der Waals surface area contributed by atoms with Crippen molar-refractivity contribution in [2.75, 3.05) is 13.2 Å². The Morgan fingerprint density at radius 2 is 2.00 bits per heavy atom. The number of hydrogen-bond donors (Lipinski definition) is 1. The van der Waals surface area contributed by atoms with Crippen molar-refractivity contribution < 1.29 is 14.2 Å². The maximum atomic E-state index is 13.8. The number of aromatic hydroxyl groups is 1. The van der Waals surface area contributed by atoms with Gasteiger partial charge in [0.25, 0.3) is 0 Å². The summed E-state index contributed by atoms with van der Waals surface area (Å²) in [5, 5.41) is 10.00. The predicted molar refractivity (Wildman–Crippen MR) is 89.7 cm³/mol. The van der Waals surface area contributed by atoms with Gasteiger partial charge in [-0.1, -0.05) is 20.8 Å². The van der Waals surface area contributed by atoms with E-state index in [1.807, 2.05) is 0 Å². The average molecular weight is 332 g/mol. The van der Waals surface area contributed by atoms with E-state index in [0.29, 0.717) is 24.6 Å². The van der Waals surface area contributed by atoms with E-state index in [9.17, 15) is 9.50 Å². The minimum atomic E-state index is -0.383. The lowest BCUT2D eigenvalue weighted by atomic mass is 9.97. The van der Waals surface area contributed by atoms with Gasteiger partial charge in [0.15, 0.2) is 11.6 Å². The molecule has 3 nitrogen and oxygen atoms in total. The Balaban J connectivity index is 0.00000242. The molecular formula is C17H27ClFNO2. The molecule has 1 heterocycles. The van der Waals surface area contributed by atoms with E-state index in [1.54, 1.807) is 0 Å². The molecule has 0 saturated carbocycles. The van der Waals surface area contributed by atoms with Crippen molar-refractivity contribution in [1.29, 1.82) is 0 Å². The summed E-state index contributed by atoms with van der Waals surface area (Å²) in [5.74, 6) is -0.0184. The van der Waals surface area contributed by atoms with E-state index in [0.717, 1.165) is 25.8 Å². The van der Waals surface area contributed by atoms with Crippen LogP contribution in [0.3, 0.4) is 0 Å². The van der Waals surface area contributed by atoms with Crippen LogP contribution in [0.5, 0.6) is 11.5 Å². The lowest BCUT2D eigenvalue weighted by Crippen LogP contribution is -2.48. The van der Waals surface area contributed by atoms with Gasteiger partial charge in [-0.3, -0.25) is 4.90 Å². The maximum Gasteiger partial charge on any atom is 0.165 e. The van der Waals surface area contributed by atoms with Crippen LogP contribution in [0.2, 0.25) is 0 Å². The van der Waals surface area contributed by atoms with Gasteiger partial charge in [-0.15, -0.1) is 12.4 Å². The summed E-state index contributed by atoms with van der Waals surface area (Å²) in [5.41, 5.74) is 0.610. The third-order valence-corrected chi connectivity index (χ3v) is 4.41. The summed E-state index contributed by atoms with van der Waals surface area (Å²) in [7, 11) is 0. The summed E-state index contributed by atoms with van der Waals surface area (Å²) in [6.07, 6.45) is 3.91. The highest BCUT2D eigenvalue weighted by atomic mass is 35.5. The Morgan fingerprint density at radius 1 is 1.32 bits per heavy atom. The zero-order chi connectivity index (χ0) is 15.4. The van der Waals surface area contributed by atoms with E-state index in [4.69, 9.17) is 4.74 Å². The van der Waals surface area contributed by atoms with E-state index >= 15 is 0 Å². The fourth-order valence-electron chi connectivity index (χ4n) is 3.31. The average Bonchev–Trinajstić information content (AvgIpc) is 2.51. The Labute approximate surface area is 138 Å². The summed E-state index contributed by atoms with van der Waals surface area (Å²) < 4.78 is 19.4. The third kappa shape index (κ3) is 3.85. The molecule has 0 saturated heterocycles. The number of halogens is 2. The zero-order valence-electron chi connectivity index (χ0n) is 13.6. The molecule has 1 N–H and O–H groups in total. The molecule has 1 atom stereocenters. The first kappa shape index (κ1) is 19.0. The van der Waals surface area contributed by atoms with Gasteiger partial charge in [0.1, 0.15) is 12.4 Å². The Bertz CT molecular complexity index is 480. The standard InChI is InChI=1S/C17H26FNO2.ClH/c1-4-9-19(12(5-2)6-3)13-10-14-16(20)8-7-15(18)17(14)21-11-13;/h7-8,12-13,20H,4-6,9-11H2,1-3H3;1H/t13-;/m1./s1. The predicted octanol–water partition coefficient (Wildman–Crippen LogP) is 4.16. The maximum absolute atomic E-state index is 13.8. The summed E-state index contributed by atoms with van der Waals surface area (Å²) in [6, 6.07) is 3.39. The fraction of sp³-hybridized carbons (Fsp3) is 0.647. The SMILES string of the molecule is CCCN(C(CC)CC)[C@H]1COc2c(F)ccc(O)c2C1.Cl. The molecule has 1 aliphatic heterocycles. The van der Waals surface area contributed by atoms with E-state index in [1.165, 1.54) is 12.1 Å². The van der Waals surface area contributed by atoms with Crippen molar-refractivity contribution in [3.63, 3.8) is 0 Å². The molecule has 0 aromatic heterocycles. The summed E-state index contributed by atoms with van der Waals surface area (Å²) in [4.78, 5) is 2.47. The van der Waals surface area contributed by atoms with E-state index < -0.39 is 0 Å². The van der Waals surface area contributed by atoms with Crippen molar-refractivity contribution in [3.8, 4) is 11.5 Å². The number of fused-ring (bicyclic) bond motifs is 1. The van der Waals surface area contributed by atoms with Crippen LogP contribution in [-0.2, 0) is 6.42 Å². The van der Waals surface area contributed by atoms with Gasteiger partial charge in [0.2, 0.25) is 0 Å². The highest BCUT2D eigenvalue weighted by Crippen LogP contribution is 2.36. The van der Waals surface area contributed by atoms with Gasteiger partial charge < -0.3 is 9.84 Å². The van der Waals surface area contributed by atoms with Crippen LogP contribution < -0.4 is 4.74 Å². The molecule has 0 aliphatic carbocycles. The number of phenols is 1. The molecule has 22 heavy (non-hydrogen) atoms. The molecule has 1 aromatic carbocycles. The number of ether oxygens (including phenoxy) is 1. The first-order chi connectivity index (χ1) is 10.1. The van der Waals surface area contributed by atoms with Gasteiger partial charge in [0.05, 0.1) is 0 Å². The molecule has 0 fully saturated rings. The van der Waals surface area contributed by atoms with Gasteiger partial charge in [-0.25, -0.2) is 4.39 Å². The van der Waals surface area contributed by atoms with Crippen molar-refractivity contribution in [2.45, 2.75) is 58.5 Å². The quantitative estimate of drug-likeness (QED) is 0.849. The smallest absolute Gasteiger partial charge is 0.165 e. The van der Waals surface area contributed by atoms with Gasteiger partial charge in [-0.2, -0.15) is 0 Å². The van der Waals surface area contributed by atoms with Crippen molar-refractivity contribution in [3.05, 3.63) is 23.5 Å². The van der Waals surface area contributed by atoms with Crippen molar-refractivity contribution >= 4 is 12.4 Å². The van der Waals surface area contributed by atoms with E-state index in [-0.39, 0.29) is 35.8 Å². The Hall–Kier alpha value is -1.00. The second-order valence-corrected chi connectivity index (χ2v) is 5.75. The zero-order valence-corrected chi connectivity index (χ0v) is 14.5. The summed E-state index contributed by atoms with van der Waals surface area (Å²) in [6.45, 7) is 8.07. The number of rotatable bonds is 6. The topological polar surface area (TPSA) is 32.7 Å². The Morgan fingerprint density at radius 3 is 2.59 bits per heavy atom. The minimum Gasteiger partial charge on any atom is -0.508 e. The second kappa shape index (κ2) is 8.59. The highest BCUT2D eigenvalue weighted by molar-refractivity contribution is 5.85.